The van der Waals surface area contributed by atoms with E-state index in [2.05, 4.69) is 5.32 Å². The highest BCUT2D eigenvalue weighted by Gasteiger charge is 2.04. The Hall–Kier alpha value is -2.00. The van der Waals surface area contributed by atoms with Gasteiger partial charge < -0.3 is 9.73 Å². The zero-order valence-corrected chi connectivity index (χ0v) is 11.5. The highest BCUT2D eigenvalue weighted by atomic mass is 35.5. The molecule has 19 heavy (non-hydrogen) atoms. The second-order valence-corrected chi connectivity index (χ2v) is 4.59. The van der Waals surface area contributed by atoms with Gasteiger partial charge in [0.2, 0.25) is 5.91 Å². The molecule has 0 radical (unpaired) electrons. The molecular weight excluding hydrogens is 262 g/mol. The number of amides is 1. The SMILES string of the molecule is Cc1ccc(/C=C/C(=O)Nc2cccc(Cl)c2C)o1. The van der Waals surface area contributed by atoms with Crippen molar-refractivity contribution in [2.75, 3.05) is 5.32 Å². The van der Waals surface area contributed by atoms with Crippen molar-refractivity contribution in [2.45, 2.75) is 13.8 Å². The van der Waals surface area contributed by atoms with E-state index in [1.807, 2.05) is 32.0 Å². The minimum Gasteiger partial charge on any atom is -0.462 e. The van der Waals surface area contributed by atoms with Gasteiger partial charge >= 0.3 is 0 Å². The maximum Gasteiger partial charge on any atom is 0.248 e. The van der Waals surface area contributed by atoms with Gasteiger partial charge in [0.05, 0.1) is 0 Å². The zero-order valence-electron chi connectivity index (χ0n) is 10.7. The maximum atomic E-state index is 11.8. The second kappa shape index (κ2) is 5.76. The average Bonchev–Trinajstić information content (AvgIpc) is 2.78. The Balaban J connectivity index is 2.05. The van der Waals surface area contributed by atoms with E-state index in [9.17, 15) is 4.79 Å². The summed E-state index contributed by atoms with van der Waals surface area (Å²) in [7, 11) is 0. The van der Waals surface area contributed by atoms with Gasteiger partial charge in [-0.25, -0.2) is 0 Å². The lowest BCUT2D eigenvalue weighted by Gasteiger charge is -2.07. The molecule has 1 amide bonds. The molecule has 98 valence electrons. The predicted molar refractivity (Wildman–Crippen MR) is 77.3 cm³/mol. The zero-order chi connectivity index (χ0) is 13.8. The minimum absolute atomic E-state index is 0.223. The summed E-state index contributed by atoms with van der Waals surface area (Å²) in [4.78, 5) is 11.8. The Labute approximate surface area is 116 Å². The fraction of sp³-hybridized carbons (Fsp3) is 0.133. The number of furan rings is 1. The van der Waals surface area contributed by atoms with Crippen LogP contribution in [-0.4, -0.2) is 5.91 Å². The van der Waals surface area contributed by atoms with Gasteiger partial charge in [0.1, 0.15) is 11.5 Å². The minimum atomic E-state index is -0.223. The first kappa shape index (κ1) is 13.4. The molecule has 0 spiro atoms. The monoisotopic (exact) mass is 275 g/mol. The van der Waals surface area contributed by atoms with Gasteiger partial charge in [0.15, 0.2) is 0 Å². The first-order valence-corrected chi connectivity index (χ1v) is 6.24. The van der Waals surface area contributed by atoms with E-state index in [1.54, 1.807) is 18.2 Å². The van der Waals surface area contributed by atoms with E-state index >= 15 is 0 Å². The van der Waals surface area contributed by atoms with Crippen molar-refractivity contribution >= 4 is 29.3 Å². The van der Waals surface area contributed by atoms with E-state index < -0.39 is 0 Å². The summed E-state index contributed by atoms with van der Waals surface area (Å²) in [6.07, 6.45) is 3.06. The summed E-state index contributed by atoms with van der Waals surface area (Å²) >= 11 is 5.99. The lowest BCUT2D eigenvalue weighted by molar-refractivity contribution is -0.111. The van der Waals surface area contributed by atoms with Crippen molar-refractivity contribution < 1.29 is 9.21 Å². The number of rotatable bonds is 3. The molecule has 0 aliphatic rings. The predicted octanol–water partition coefficient (Wildman–Crippen LogP) is 4.20. The molecule has 1 aromatic carbocycles. The van der Waals surface area contributed by atoms with Crippen LogP contribution in [-0.2, 0) is 4.79 Å². The molecule has 0 bridgehead atoms. The summed E-state index contributed by atoms with van der Waals surface area (Å²) in [6, 6.07) is 9.05. The van der Waals surface area contributed by atoms with Crippen molar-refractivity contribution in [1.82, 2.24) is 0 Å². The van der Waals surface area contributed by atoms with Gasteiger partial charge in [-0.05, 0) is 49.8 Å². The second-order valence-electron chi connectivity index (χ2n) is 4.18. The van der Waals surface area contributed by atoms with E-state index in [4.69, 9.17) is 16.0 Å². The fourth-order valence-corrected chi connectivity index (χ4v) is 1.79. The lowest BCUT2D eigenvalue weighted by atomic mass is 10.2. The standard InChI is InChI=1S/C15H14ClNO2/c1-10-6-7-12(19-10)8-9-15(18)17-14-5-3-4-13(16)11(14)2/h3-9H,1-2H3,(H,17,18)/b9-8+. The molecule has 0 saturated carbocycles. The molecule has 1 N–H and O–H groups in total. The van der Waals surface area contributed by atoms with E-state index in [-0.39, 0.29) is 5.91 Å². The third kappa shape index (κ3) is 3.48. The van der Waals surface area contributed by atoms with Crippen LogP contribution in [0.15, 0.2) is 40.8 Å². The maximum absolute atomic E-state index is 11.8. The molecule has 0 saturated heterocycles. The number of nitrogens with one attached hydrogen (secondary N) is 1. The molecule has 0 unspecified atom stereocenters. The normalized spacial score (nSPS) is 10.9. The van der Waals surface area contributed by atoms with Gasteiger partial charge in [0.25, 0.3) is 0 Å². The number of carbonyl (C=O) groups is 1. The quantitative estimate of drug-likeness (QED) is 0.853. The summed E-state index contributed by atoms with van der Waals surface area (Å²) in [5.74, 6) is 1.24. The van der Waals surface area contributed by atoms with E-state index in [1.165, 1.54) is 6.08 Å². The van der Waals surface area contributed by atoms with Gasteiger partial charge in [-0.3, -0.25) is 4.79 Å². The molecule has 3 nitrogen and oxygen atoms in total. The smallest absolute Gasteiger partial charge is 0.248 e. The van der Waals surface area contributed by atoms with Crippen molar-refractivity contribution in [3.05, 3.63) is 58.5 Å². The van der Waals surface area contributed by atoms with Crippen LogP contribution < -0.4 is 5.32 Å². The molecule has 2 rings (SSSR count). The number of hydrogen-bond acceptors (Lipinski definition) is 2. The number of benzene rings is 1. The van der Waals surface area contributed by atoms with Gasteiger partial charge in [0, 0.05) is 16.8 Å². The van der Waals surface area contributed by atoms with E-state index in [0.29, 0.717) is 16.5 Å². The van der Waals surface area contributed by atoms with Gasteiger partial charge in [-0.15, -0.1) is 0 Å². The summed E-state index contributed by atoms with van der Waals surface area (Å²) in [5.41, 5.74) is 1.55. The number of halogens is 1. The Morgan fingerprint density at radius 3 is 2.74 bits per heavy atom. The largest absolute Gasteiger partial charge is 0.462 e. The van der Waals surface area contributed by atoms with Crippen LogP contribution in [0, 0.1) is 13.8 Å². The highest BCUT2D eigenvalue weighted by Crippen LogP contribution is 2.22. The van der Waals surface area contributed by atoms with Crippen LogP contribution in [0.5, 0.6) is 0 Å². The highest BCUT2D eigenvalue weighted by molar-refractivity contribution is 6.31. The molecule has 2 aromatic rings. The first-order valence-electron chi connectivity index (χ1n) is 5.87. The molecule has 0 atom stereocenters. The van der Waals surface area contributed by atoms with Crippen LogP contribution >= 0.6 is 11.6 Å². The Morgan fingerprint density at radius 2 is 2.05 bits per heavy atom. The first-order chi connectivity index (χ1) is 9.06. The Morgan fingerprint density at radius 1 is 1.26 bits per heavy atom. The fourth-order valence-electron chi connectivity index (χ4n) is 1.62. The Bertz CT molecular complexity index is 629. The van der Waals surface area contributed by atoms with Crippen LogP contribution in [0.3, 0.4) is 0 Å². The van der Waals surface area contributed by atoms with Crippen molar-refractivity contribution in [1.29, 1.82) is 0 Å². The Kier molecular flexibility index (Phi) is 4.07. The lowest BCUT2D eigenvalue weighted by Crippen LogP contribution is -2.08. The number of hydrogen-bond donors (Lipinski definition) is 1. The molecule has 0 fully saturated rings. The van der Waals surface area contributed by atoms with Crippen LogP contribution in [0.2, 0.25) is 5.02 Å². The number of aryl methyl sites for hydroxylation is 1. The van der Waals surface area contributed by atoms with Crippen molar-refractivity contribution in [3.63, 3.8) is 0 Å². The summed E-state index contributed by atoms with van der Waals surface area (Å²) in [6.45, 7) is 3.71. The molecule has 4 heteroatoms. The van der Waals surface area contributed by atoms with Crippen molar-refractivity contribution in [2.24, 2.45) is 0 Å². The summed E-state index contributed by atoms with van der Waals surface area (Å²) in [5, 5.41) is 3.40. The molecule has 1 heterocycles. The van der Waals surface area contributed by atoms with Crippen LogP contribution in [0.1, 0.15) is 17.1 Å². The van der Waals surface area contributed by atoms with Crippen molar-refractivity contribution in [3.8, 4) is 0 Å². The number of anilines is 1. The molecule has 1 aromatic heterocycles. The number of carbonyl (C=O) groups excluding carboxylic acids is 1. The van der Waals surface area contributed by atoms with Crippen LogP contribution in [0.25, 0.3) is 6.08 Å². The van der Waals surface area contributed by atoms with Gasteiger partial charge in [-0.1, -0.05) is 17.7 Å². The van der Waals surface area contributed by atoms with Crippen LogP contribution in [0.4, 0.5) is 5.69 Å². The molecular formula is C15H14ClNO2. The topological polar surface area (TPSA) is 42.2 Å². The molecule has 0 aliphatic heterocycles. The summed E-state index contributed by atoms with van der Waals surface area (Å²) < 4.78 is 5.34. The van der Waals surface area contributed by atoms with E-state index in [0.717, 1.165) is 11.3 Å². The third-order valence-electron chi connectivity index (χ3n) is 2.69. The average molecular weight is 276 g/mol. The molecule has 0 aliphatic carbocycles. The third-order valence-corrected chi connectivity index (χ3v) is 3.10. The van der Waals surface area contributed by atoms with Gasteiger partial charge in [-0.2, -0.15) is 0 Å².